The zero-order chi connectivity index (χ0) is 18.0. The Hall–Kier alpha value is -1.00. The van der Waals surface area contributed by atoms with Gasteiger partial charge in [0.15, 0.2) is 5.82 Å². The van der Waals surface area contributed by atoms with E-state index in [0.29, 0.717) is 35.4 Å². The fourth-order valence-corrected chi connectivity index (χ4v) is 5.89. The average Bonchev–Trinajstić information content (AvgIpc) is 3.24. The third-order valence-electron chi connectivity index (χ3n) is 4.51. The SMILES string of the molecule is CNC(C)Cc1noc(C2CCCN(S(=O)(=O)c3ccc(C)s3)C2)n1.Cl. The van der Waals surface area contributed by atoms with Crippen LogP contribution in [0.15, 0.2) is 20.9 Å². The molecule has 2 atom stereocenters. The fourth-order valence-electron chi connectivity index (χ4n) is 2.93. The molecule has 1 aliphatic rings. The molecule has 2 aromatic rings. The maximum Gasteiger partial charge on any atom is 0.252 e. The highest BCUT2D eigenvalue weighted by Crippen LogP contribution is 2.31. The van der Waals surface area contributed by atoms with Gasteiger partial charge in [-0.05, 0) is 45.9 Å². The van der Waals surface area contributed by atoms with E-state index in [1.165, 1.54) is 11.3 Å². The molecule has 0 amide bonds. The van der Waals surface area contributed by atoms with Gasteiger partial charge in [0.2, 0.25) is 5.89 Å². The highest BCUT2D eigenvalue weighted by molar-refractivity contribution is 7.91. The minimum Gasteiger partial charge on any atom is -0.339 e. The number of piperidine rings is 1. The number of aromatic nitrogens is 2. The summed E-state index contributed by atoms with van der Waals surface area (Å²) in [4.78, 5) is 5.47. The maximum atomic E-state index is 12.8. The average molecular weight is 421 g/mol. The number of nitrogens with one attached hydrogen (secondary N) is 1. The van der Waals surface area contributed by atoms with Crippen LogP contribution in [0, 0.1) is 6.92 Å². The van der Waals surface area contributed by atoms with Crippen molar-refractivity contribution in [1.29, 1.82) is 0 Å². The quantitative estimate of drug-likeness (QED) is 0.772. The first-order chi connectivity index (χ1) is 11.9. The monoisotopic (exact) mass is 420 g/mol. The van der Waals surface area contributed by atoms with Crippen molar-refractivity contribution in [2.24, 2.45) is 0 Å². The van der Waals surface area contributed by atoms with E-state index >= 15 is 0 Å². The molecule has 1 fully saturated rings. The van der Waals surface area contributed by atoms with Crippen LogP contribution in [0.5, 0.6) is 0 Å². The molecule has 1 N–H and O–H groups in total. The molecule has 0 spiro atoms. The second kappa shape index (κ2) is 8.79. The van der Waals surface area contributed by atoms with Crippen molar-refractivity contribution in [1.82, 2.24) is 19.8 Å². The summed E-state index contributed by atoms with van der Waals surface area (Å²) >= 11 is 1.31. The van der Waals surface area contributed by atoms with Crippen LogP contribution < -0.4 is 5.32 Å². The van der Waals surface area contributed by atoms with E-state index in [0.717, 1.165) is 17.7 Å². The van der Waals surface area contributed by atoms with Crippen LogP contribution in [0.2, 0.25) is 0 Å². The van der Waals surface area contributed by atoms with Crippen molar-refractivity contribution in [3.8, 4) is 0 Å². The standard InChI is InChI=1S/C16H24N4O3S2.ClH/c1-11(17-3)9-14-18-16(23-19-14)13-5-4-8-20(10-13)25(21,22)15-7-6-12(2)24-15;/h6-7,11,13,17H,4-5,8-10H2,1-3H3;1H. The van der Waals surface area contributed by atoms with Crippen molar-refractivity contribution in [2.45, 2.75) is 49.3 Å². The molecule has 146 valence electrons. The van der Waals surface area contributed by atoms with Crippen molar-refractivity contribution >= 4 is 33.8 Å². The second-order valence-electron chi connectivity index (χ2n) is 6.51. The Morgan fingerprint density at radius 3 is 2.88 bits per heavy atom. The summed E-state index contributed by atoms with van der Waals surface area (Å²) in [6, 6.07) is 3.78. The molecule has 0 saturated carbocycles. The number of nitrogens with zero attached hydrogens (tertiary/aromatic N) is 3. The van der Waals surface area contributed by atoms with E-state index < -0.39 is 10.0 Å². The molecule has 1 aliphatic heterocycles. The first-order valence-electron chi connectivity index (χ1n) is 8.46. The van der Waals surface area contributed by atoms with Gasteiger partial charge < -0.3 is 9.84 Å². The lowest BCUT2D eigenvalue weighted by molar-refractivity contribution is 0.265. The summed E-state index contributed by atoms with van der Waals surface area (Å²) in [7, 11) is -1.56. The first-order valence-corrected chi connectivity index (χ1v) is 10.7. The minimum absolute atomic E-state index is 0. The Morgan fingerprint density at radius 2 is 2.23 bits per heavy atom. The van der Waals surface area contributed by atoms with Crippen LogP contribution in [0.4, 0.5) is 0 Å². The third kappa shape index (κ3) is 4.64. The number of aryl methyl sites for hydroxylation is 1. The molecule has 0 aromatic carbocycles. The highest BCUT2D eigenvalue weighted by Gasteiger charge is 2.34. The van der Waals surface area contributed by atoms with E-state index in [-0.39, 0.29) is 24.4 Å². The summed E-state index contributed by atoms with van der Waals surface area (Å²) in [6.07, 6.45) is 2.33. The second-order valence-corrected chi connectivity index (χ2v) is 9.96. The first kappa shape index (κ1) is 21.3. The zero-order valence-corrected chi connectivity index (χ0v) is 17.6. The van der Waals surface area contributed by atoms with Crippen LogP contribution in [0.1, 0.15) is 42.3 Å². The molecule has 2 aromatic heterocycles. The van der Waals surface area contributed by atoms with Crippen molar-refractivity contribution < 1.29 is 12.9 Å². The van der Waals surface area contributed by atoms with Gasteiger partial charge in [0.05, 0.1) is 5.92 Å². The van der Waals surface area contributed by atoms with Crippen LogP contribution in [0.3, 0.4) is 0 Å². The van der Waals surface area contributed by atoms with E-state index in [9.17, 15) is 8.42 Å². The molecule has 2 unspecified atom stereocenters. The number of hydrogen-bond donors (Lipinski definition) is 1. The van der Waals surface area contributed by atoms with E-state index in [2.05, 4.69) is 15.5 Å². The number of sulfonamides is 1. The van der Waals surface area contributed by atoms with Crippen LogP contribution >= 0.6 is 23.7 Å². The molecule has 1 saturated heterocycles. The topological polar surface area (TPSA) is 88.3 Å². The summed E-state index contributed by atoms with van der Waals surface area (Å²) < 4.78 is 33.0. The van der Waals surface area contributed by atoms with Gasteiger partial charge in [0.25, 0.3) is 10.0 Å². The molecule has 3 rings (SSSR count). The lowest BCUT2D eigenvalue weighted by Crippen LogP contribution is -2.38. The van der Waals surface area contributed by atoms with E-state index in [1.807, 2.05) is 27.0 Å². The fraction of sp³-hybridized carbons (Fsp3) is 0.625. The number of halogens is 1. The molecule has 0 aliphatic carbocycles. The Bertz CT molecular complexity index is 821. The van der Waals surface area contributed by atoms with Crippen LogP contribution in [0.25, 0.3) is 0 Å². The van der Waals surface area contributed by atoms with Crippen molar-refractivity contribution in [3.05, 3.63) is 28.7 Å². The van der Waals surface area contributed by atoms with Crippen molar-refractivity contribution in [2.75, 3.05) is 20.1 Å². The normalized spacial score (nSPS) is 19.9. The largest absolute Gasteiger partial charge is 0.339 e. The predicted molar refractivity (Wildman–Crippen MR) is 104 cm³/mol. The molecule has 0 bridgehead atoms. The summed E-state index contributed by atoms with van der Waals surface area (Å²) in [6.45, 7) is 4.89. The van der Waals surface area contributed by atoms with E-state index in [1.54, 1.807) is 10.4 Å². The predicted octanol–water partition coefficient (Wildman–Crippen LogP) is 2.58. The molecule has 0 radical (unpaired) electrons. The van der Waals surface area contributed by atoms with Gasteiger partial charge in [-0.25, -0.2) is 8.42 Å². The van der Waals surface area contributed by atoms with Crippen LogP contribution in [-0.4, -0.2) is 49.0 Å². The Kier molecular flexibility index (Phi) is 7.20. The van der Waals surface area contributed by atoms with Gasteiger partial charge in [-0.3, -0.25) is 0 Å². The maximum absolute atomic E-state index is 12.8. The summed E-state index contributed by atoms with van der Waals surface area (Å²) in [5, 5.41) is 7.18. The summed E-state index contributed by atoms with van der Waals surface area (Å²) in [5.41, 5.74) is 0. The molecule has 10 heteroatoms. The highest BCUT2D eigenvalue weighted by atomic mass is 35.5. The Morgan fingerprint density at radius 1 is 1.46 bits per heavy atom. The van der Waals surface area contributed by atoms with Gasteiger partial charge in [-0.1, -0.05) is 5.16 Å². The number of rotatable bonds is 6. The molecule has 7 nitrogen and oxygen atoms in total. The Balaban J connectivity index is 0.00000243. The van der Waals surface area contributed by atoms with E-state index in [4.69, 9.17) is 4.52 Å². The lowest BCUT2D eigenvalue weighted by Gasteiger charge is -2.29. The number of thiophene rings is 1. The molecular formula is C16H25ClN4O3S2. The lowest BCUT2D eigenvalue weighted by atomic mass is 10.00. The minimum atomic E-state index is -3.45. The summed E-state index contributed by atoms with van der Waals surface area (Å²) in [5.74, 6) is 1.15. The van der Waals surface area contributed by atoms with Crippen molar-refractivity contribution in [3.63, 3.8) is 0 Å². The third-order valence-corrected chi connectivity index (χ3v) is 7.84. The molecular weight excluding hydrogens is 396 g/mol. The number of hydrogen-bond acceptors (Lipinski definition) is 7. The molecule has 26 heavy (non-hydrogen) atoms. The Labute approximate surface area is 164 Å². The van der Waals surface area contributed by atoms with Crippen LogP contribution in [-0.2, 0) is 16.4 Å². The zero-order valence-electron chi connectivity index (χ0n) is 15.1. The van der Waals surface area contributed by atoms with Gasteiger partial charge in [-0.2, -0.15) is 9.29 Å². The molecule has 3 heterocycles. The number of likely N-dealkylation sites (N-methyl/N-ethyl adjacent to an activating group) is 1. The smallest absolute Gasteiger partial charge is 0.252 e. The van der Waals surface area contributed by atoms with Gasteiger partial charge in [0, 0.05) is 30.4 Å². The van der Waals surface area contributed by atoms with Gasteiger partial charge >= 0.3 is 0 Å². The van der Waals surface area contributed by atoms with Gasteiger partial charge in [0.1, 0.15) is 4.21 Å². The van der Waals surface area contributed by atoms with Gasteiger partial charge in [-0.15, -0.1) is 23.7 Å².